The Bertz CT molecular complexity index is 1060. The van der Waals surface area contributed by atoms with Crippen LogP contribution in [0, 0.1) is 0 Å². The molecule has 3 heterocycles. The van der Waals surface area contributed by atoms with Crippen LogP contribution in [0.25, 0.3) is 11.0 Å². The molecule has 33 heavy (non-hydrogen) atoms. The van der Waals surface area contributed by atoms with Gasteiger partial charge < -0.3 is 29.8 Å². The highest BCUT2D eigenvalue weighted by molar-refractivity contribution is 5.77. The van der Waals surface area contributed by atoms with E-state index in [9.17, 15) is 13.6 Å². The lowest BCUT2D eigenvalue weighted by Gasteiger charge is -2.18. The number of aliphatic carboxylic acids is 1. The lowest BCUT2D eigenvalue weighted by Crippen LogP contribution is -2.38. The summed E-state index contributed by atoms with van der Waals surface area (Å²) >= 11 is 0. The third kappa shape index (κ3) is 4.28. The molecule has 4 rings (SSSR count). The normalized spacial score (nSPS) is 25.1. The molecule has 2 fully saturated rings. The maximum absolute atomic E-state index is 13.2. The SMILES string of the molecule is CCn1c(CN)[n+](CC)c2ccc(O[C@H]3CO[C@H]4[C@@H]3OC[C@@H]4O/C=C/C(F)(F)C(=O)O)cc21. The van der Waals surface area contributed by atoms with Crippen LogP contribution < -0.4 is 15.0 Å². The van der Waals surface area contributed by atoms with Gasteiger partial charge in [-0.05, 0) is 26.0 Å². The first kappa shape index (κ1) is 23.4. The molecule has 0 aliphatic carbocycles. The van der Waals surface area contributed by atoms with E-state index >= 15 is 0 Å². The van der Waals surface area contributed by atoms with Crippen molar-refractivity contribution in [3.8, 4) is 5.75 Å². The number of nitrogens with two attached hydrogens (primary N) is 1. The molecule has 180 valence electrons. The molecule has 3 N–H and O–H groups in total. The van der Waals surface area contributed by atoms with E-state index in [1.165, 1.54) is 0 Å². The summed E-state index contributed by atoms with van der Waals surface area (Å²) in [4.78, 5) is 10.5. The third-order valence-electron chi connectivity index (χ3n) is 6.03. The molecular formula is C22H28F2N3O6+. The molecule has 1 aromatic carbocycles. The monoisotopic (exact) mass is 468 g/mol. The summed E-state index contributed by atoms with van der Waals surface area (Å²) in [5.41, 5.74) is 8.08. The van der Waals surface area contributed by atoms with Crippen molar-refractivity contribution in [2.75, 3.05) is 13.2 Å². The number of carbonyl (C=O) groups is 1. The van der Waals surface area contributed by atoms with Crippen molar-refractivity contribution in [3.63, 3.8) is 0 Å². The summed E-state index contributed by atoms with van der Waals surface area (Å²) < 4.78 is 53.7. The lowest BCUT2D eigenvalue weighted by molar-refractivity contribution is -0.676. The van der Waals surface area contributed by atoms with Gasteiger partial charge in [0, 0.05) is 12.1 Å². The first-order valence-corrected chi connectivity index (χ1v) is 10.9. The molecule has 11 heteroatoms. The highest BCUT2D eigenvalue weighted by Gasteiger charge is 2.50. The number of aromatic nitrogens is 2. The number of aryl methyl sites for hydroxylation is 2. The molecular weight excluding hydrogens is 440 g/mol. The van der Waals surface area contributed by atoms with E-state index in [1.807, 2.05) is 18.2 Å². The first-order chi connectivity index (χ1) is 15.8. The molecule has 0 amide bonds. The Kier molecular flexibility index (Phi) is 6.55. The maximum Gasteiger partial charge on any atom is 0.379 e. The number of nitrogens with zero attached hydrogens (tertiary/aromatic N) is 2. The third-order valence-corrected chi connectivity index (χ3v) is 6.03. The smallest absolute Gasteiger partial charge is 0.379 e. The number of rotatable bonds is 9. The largest absolute Gasteiger partial charge is 0.493 e. The number of hydrogen-bond donors (Lipinski definition) is 2. The zero-order valence-electron chi connectivity index (χ0n) is 18.4. The van der Waals surface area contributed by atoms with Gasteiger partial charge in [0.2, 0.25) is 0 Å². The van der Waals surface area contributed by atoms with Gasteiger partial charge in [0.1, 0.15) is 24.1 Å². The molecule has 2 aliphatic heterocycles. The Morgan fingerprint density at radius 1 is 1.30 bits per heavy atom. The predicted molar refractivity (Wildman–Crippen MR) is 112 cm³/mol. The summed E-state index contributed by atoms with van der Waals surface area (Å²) in [7, 11) is 0. The van der Waals surface area contributed by atoms with Crippen molar-refractivity contribution < 1.29 is 42.2 Å². The summed E-state index contributed by atoms with van der Waals surface area (Å²) in [5.74, 6) is -4.56. The van der Waals surface area contributed by atoms with Crippen molar-refractivity contribution in [2.45, 2.75) is 63.8 Å². The van der Waals surface area contributed by atoms with Gasteiger partial charge in [0.15, 0.2) is 17.1 Å². The fourth-order valence-corrected chi connectivity index (χ4v) is 4.49. The topological polar surface area (TPSA) is 109 Å². The molecule has 4 atom stereocenters. The van der Waals surface area contributed by atoms with Crippen LogP contribution in [0.4, 0.5) is 8.78 Å². The molecule has 0 radical (unpaired) electrons. The van der Waals surface area contributed by atoms with E-state index in [0.29, 0.717) is 18.6 Å². The average Bonchev–Trinajstić information content (AvgIpc) is 3.46. The van der Waals surface area contributed by atoms with E-state index in [0.717, 1.165) is 29.9 Å². The van der Waals surface area contributed by atoms with Gasteiger partial charge in [0.25, 0.3) is 5.82 Å². The number of benzene rings is 1. The van der Waals surface area contributed by atoms with E-state index in [-0.39, 0.29) is 19.3 Å². The molecule has 1 aromatic heterocycles. The minimum absolute atomic E-state index is 0.117. The second-order valence-corrected chi connectivity index (χ2v) is 7.92. The second-order valence-electron chi connectivity index (χ2n) is 7.92. The Morgan fingerprint density at radius 3 is 2.64 bits per heavy atom. The Hall–Kier alpha value is -2.76. The van der Waals surface area contributed by atoms with Crippen molar-refractivity contribution in [1.29, 1.82) is 0 Å². The molecule has 0 bridgehead atoms. The van der Waals surface area contributed by atoms with E-state index in [4.69, 9.17) is 29.8 Å². The number of hydrogen-bond acceptors (Lipinski definition) is 6. The van der Waals surface area contributed by atoms with Crippen LogP contribution in [0.1, 0.15) is 19.7 Å². The zero-order chi connectivity index (χ0) is 23.8. The Morgan fingerprint density at radius 2 is 2.00 bits per heavy atom. The summed E-state index contributed by atoms with van der Waals surface area (Å²) in [6.45, 7) is 6.51. The number of carboxylic acid groups (broad SMARTS) is 1. The van der Waals surface area contributed by atoms with Gasteiger partial charge in [-0.3, -0.25) is 0 Å². The molecule has 2 aromatic rings. The number of ether oxygens (including phenoxy) is 4. The molecule has 0 saturated carbocycles. The van der Waals surface area contributed by atoms with Crippen LogP contribution in [-0.2, 0) is 38.6 Å². The van der Waals surface area contributed by atoms with Gasteiger partial charge in [-0.2, -0.15) is 8.78 Å². The molecule has 0 unspecified atom stereocenters. The summed E-state index contributed by atoms with van der Waals surface area (Å²) in [5, 5.41) is 8.47. The van der Waals surface area contributed by atoms with Crippen LogP contribution in [0.2, 0.25) is 0 Å². The van der Waals surface area contributed by atoms with E-state index in [2.05, 4.69) is 23.0 Å². The molecule has 2 aliphatic rings. The number of alkyl halides is 2. The summed E-state index contributed by atoms with van der Waals surface area (Å²) in [6.07, 6.45) is -1.10. The summed E-state index contributed by atoms with van der Waals surface area (Å²) in [6, 6.07) is 5.86. The Balaban J connectivity index is 1.46. The maximum atomic E-state index is 13.2. The second kappa shape index (κ2) is 9.24. The van der Waals surface area contributed by atoms with Gasteiger partial charge in [-0.1, -0.05) is 0 Å². The lowest BCUT2D eigenvalue weighted by atomic mass is 10.1. The zero-order valence-corrected chi connectivity index (χ0v) is 18.4. The fraction of sp³-hybridized carbons (Fsp3) is 0.545. The van der Waals surface area contributed by atoms with E-state index < -0.39 is 36.3 Å². The molecule has 2 saturated heterocycles. The van der Waals surface area contributed by atoms with Crippen LogP contribution in [0.5, 0.6) is 5.75 Å². The highest BCUT2D eigenvalue weighted by Crippen LogP contribution is 2.32. The van der Waals surface area contributed by atoms with Crippen LogP contribution in [0.3, 0.4) is 0 Å². The number of carboxylic acids is 1. The highest BCUT2D eigenvalue weighted by atomic mass is 19.3. The minimum atomic E-state index is -4.00. The van der Waals surface area contributed by atoms with Crippen LogP contribution >= 0.6 is 0 Å². The average molecular weight is 468 g/mol. The standard InChI is InChI=1S/C22H27F2N3O6/c1-3-26-14-6-5-13(9-15(14)27(4-2)18(26)10-25)33-17-12-32-19-16(11-31-20(17)19)30-8-7-22(23,24)21(28)29/h5-9,16-17,19-20H,3-4,10-12,25H2,1-2H3/p+1/b8-7+/t16-,17-,19+,20+/m0/s1. The predicted octanol–water partition coefficient (Wildman–Crippen LogP) is 1.59. The van der Waals surface area contributed by atoms with E-state index in [1.54, 1.807) is 0 Å². The molecule has 9 nitrogen and oxygen atoms in total. The fourth-order valence-electron chi connectivity index (χ4n) is 4.49. The van der Waals surface area contributed by atoms with Gasteiger partial charge in [0.05, 0.1) is 39.1 Å². The quantitative estimate of drug-likeness (QED) is 0.425. The first-order valence-electron chi connectivity index (χ1n) is 10.9. The van der Waals surface area contributed by atoms with Crippen LogP contribution in [0.15, 0.2) is 30.5 Å². The van der Waals surface area contributed by atoms with Crippen molar-refractivity contribution in [1.82, 2.24) is 4.57 Å². The van der Waals surface area contributed by atoms with Gasteiger partial charge in [-0.25, -0.2) is 13.9 Å². The number of halogens is 2. The van der Waals surface area contributed by atoms with Crippen LogP contribution in [-0.4, -0.2) is 59.2 Å². The van der Waals surface area contributed by atoms with Gasteiger partial charge in [-0.15, -0.1) is 0 Å². The number of fused-ring (bicyclic) bond motifs is 2. The number of imidazole rings is 1. The van der Waals surface area contributed by atoms with Gasteiger partial charge >= 0.3 is 11.9 Å². The minimum Gasteiger partial charge on any atom is -0.493 e. The van der Waals surface area contributed by atoms with Crippen molar-refractivity contribution in [3.05, 3.63) is 36.4 Å². The van der Waals surface area contributed by atoms with Crippen molar-refractivity contribution >= 4 is 17.0 Å². The Labute approximate surface area is 189 Å². The van der Waals surface area contributed by atoms with Crippen molar-refractivity contribution in [2.24, 2.45) is 5.73 Å². The molecule has 0 spiro atoms.